The number of carbonyl (C=O) groups excluding carboxylic acids is 2. The van der Waals surface area contributed by atoms with Crippen molar-refractivity contribution in [2.75, 3.05) is 20.8 Å². The van der Waals surface area contributed by atoms with Gasteiger partial charge >= 0.3 is 5.97 Å². The maximum absolute atomic E-state index is 12.9. The molecule has 0 aliphatic heterocycles. The van der Waals surface area contributed by atoms with Gasteiger partial charge in [0.15, 0.2) is 23.2 Å². The fourth-order valence-corrected chi connectivity index (χ4v) is 3.88. The minimum absolute atomic E-state index is 0.0524. The highest BCUT2D eigenvalue weighted by molar-refractivity contribution is 5.95. The molecule has 0 saturated heterocycles. The number of nitrogens with one attached hydrogen (secondary N) is 2. The number of nitrogens with two attached hydrogens (primary N) is 2. The summed E-state index contributed by atoms with van der Waals surface area (Å²) in [7, 11) is 3.05. The number of hydrogen-bond donors (Lipinski definition) is 5. The van der Waals surface area contributed by atoms with Gasteiger partial charge in [-0.15, -0.1) is 0 Å². The van der Waals surface area contributed by atoms with Gasteiger partial charge in [-0.25, -0.2) is 9.78 Å². The molecule has 1 aromatic carbocycles. The van der Waals surface area contributed by atoms with E-state index in [0.29, 0.717) is 24.3 Å². The van der Waals surface area contributed by atoms with Crippen molar-refractivity contribution >= 4 is 23.7 Å². The Morgan fingerprint density at radius 2 is 1.82 bits per heavy atom. The van der Waals surface area contributed by atoms with Gasteiger partial charge in [0.05, 0.1) is 20.6 Å². The number of guanidine groups is 1. The Balaban J connectivity index is 2.15. The Bertz CT molecular complexity index is 1170. The van der Waals surface area contributed by atoms with Gasteiger partial charge in [0.25, 0.3) is 5.91 Å². The van der Waals surface area contributed by atoms with Crippen molar-refractivity contribution in [1.82, 2.24) is 15.6 Å². The van der Waals surface area contributed by atoms with E-state index in [0.717, 1.165) is 5.56 Å². The Morgan fingerprint density at radius 1 is 1.13 bits per heavy atom. The number of amides is 2. The topological polar surface area (TPSA) is 204 Å². The first-order valence-electron chi connectivity index (χ1n) is 12.5. The van der Waals surface area contributed by atoms with Crippen molar-refractivity contribution in [3.05, 3.63) is 41.1 Å². The number of oxazole rings is 1. The number of carboxylic acids is 1. The number of nitrogens with zero attached hydrogens (tertiary/aromatic N) is 2. The molecule has 1 heterocycles. The number of aryl methyl sites for hydroxylation is 1. The summed E-state index contributed by atoms with van der Waals surface area (Å²) in [6, 6.07) is 3.45. The second-order valence-electron chi connectivity index (χ2n) is 9.39. The largest absolute Gasteiger partial charge is 0.493 e. The molecule has 0 aliphatic carbocycles. The number of methoxy groups -OCH3 is 2. The van der Waals surface area contributed by atoms with Crippen LogP contribution in [0.4, 0.5) is 0 Å². The average molecular weight is 547 g/mol. The normalized spacial score (nSPS) is 12.4. The lowest BCUT2D eigenvalue weighted by molar-refractivity contribution is -0.139. The summed E-state index contributed by atoms with van der Waals surface area (Å²) in [6.07, 6.45) is 1.04. The monoisotopic (exact) mass is 546 g/mol. The number of aromatic nitrogens is 1. The van der Waals surface area contributed by atoms with E-state index in [-0.39, 0.29) is 54.5 Å². The van der Waals surface area contributed by atoms with E-state index in [1.165, 1.54) is 14.2 Å². The Kier molecular flexibility index (Phi) is 11.6. The first-order valence-corrected chi connectivity index (χ1v) is 12.5. The third kappa shape index (κ3) is 9.51. The minimum atomic E-state index is -1.20. The number of carboxylic acid groups (broad SMARTS) is 1. The van der Waals surface area contributed by atoms with Crippen LogP contribution in [0.2, 0.25) is 0 Å². The summed E-state index contributed by atoms with van der Waals surface area (Å²) in [6.45, 7) is 5.75. The van der Waals surface area contributed by atoms with E-state index < -0.39 is 24.0 Å². The molecule has 0 saturated carbocycles. The molecule has 1 aromatic heterocycles. The van der Waals surface area contributed by atoms with Gasteiger partial charge in [-0.1, -0.05) is 19.9 Å². The molecule has 13 nitrogen and oxygen atoms in total. The first kappa shape index (κ1) is 30.9. The molecule has 13 heteroatoms. The molecular weight excluding hydrogens is 508 g/mol. The number of rotatable bonds is 15. The lowest BCUT2D eigenvalue weighted by Crippen LogP contribution is -2.41. The van der Waals surface area contributed by atoms with Crippen molar-refractivity contribution in [1.29, 1.82) is 0 Å². The van der Waals surface area contributed by atoms with E-state index in [2.05, 4.69) is 20.6 Å². The molecule has 2 rings (SSSR count). The SMILES string of the molecule is COc1ccc(CC(=O)N[C@@H](CC(C)C)c2nc(C(=O)N[C@@H](CCCN=C(N)N)C(=O)O)c(C)o2)cc1OC. The minimum Gasteiger partial charge on any atom is -0.493 e. The third-order valence-corrected chi connectivity index (χ3v) is 5.73. The van der Waals surface area contributed by atoms with Gasteiger partial charge < -0.3 is 41.1 Å². The van der Waals surface area contributed by atoms with Crippen LogP contribution in [0.3, 0.4) is 0 Å². The van der Waals surface area contributed by atoms with Gasteiger partial charge in [-0.3, -0.25) is 14.6 Å². The zero-order chi connectivity index (χ0) is 29.1. The van der Waals surface area contributed by atoms with Crippen LogP contribution in [0, 0.1) is 12.8 Å². The van der Waals surface area contributed by atoms with Gasteiger partial charge in [0, 0.05) is 6.54 Å². The zero-order valence-corrected chi connectivity index (χ0v) is 22.9. The summed E-state index contributed by atoms with van der Waals surface area (Å²) in [4.78, 5) is 45.6. The van der Waals surface area contributed by atoms with E-state index >= 15 is 0 Å². The number of ether oxygens (including phenoxy) is 2. The first-order chi connectivity index (χ1) is 18.4. The summed E-state index contributed by atoms with van der Waals surface area (Å²) in [5, 5.41) is 14.9. The van der Waals surface area contributed by atoms with Crippen LogP contribution in [0.25, 0.3) is 0 Å². The summed E-state index contributed by atoms with van der Waals surface area (Å²) < 4.78 is 16.3. The van der Waals surface area contributed by atoms with Crippen LogP contribution in [-0.4, -0.2) is 60.6 Å². The predicted molar refractivity (Wildman–Crippen MR) is 144 cm³/mol. The van der Waals surface area contributed by atoms with Gasteiger partial charge in [-0.05, 0) is 49.8 Å². The highest BCUT2D eigenvalue weighted by atomic mass is 16.5. The molecule has 0 unspecified atom stereocenters. The average Bonchev–Trinajstić information content (AvgIpc) is 3.26. The molecule has 2 aromatic rings. The lowest BCUT2D eigenvalue weighted by atomic mass is 10.0. The van der Waals surface area contributed by atoms with Crippen molar-refractivity contribution in [3.63, 3.8) is 0 Å². The van der Waals surface area contributed by atoms with Gasteiger partial charge in [-0.2, -0.15) is 0 Å². The molecule has 2 amide bonds. The molecular formula is C26H38N6O7. The van der Waals surface area contributed by atoms with E-state index in [1.807, 2.05) is 13.8 Å². The number of carbonyl (C=O) groups is 3. The Labute approximate surface area is 227 Å². The summed E-state index contributed by atoms with van der Waals surface area (Å²) >= 11 is 0. The molecule has 2 atom stereocenters. The van der Waals surface area contributed by atoms with Crippen LogP contribution >= 0.6 is 0 Å². The zero-order valence-electron chi connectivity index (χ0n) is 22.9. The quantitative estimate of drug-likeness (QED) is 0.124. The maximum atomic E-state index is 12.9. The second kappa shape index (κ2) is 14.6. The Hall–Kier alpha value is -4.29. The van der Waals surface area contributed by atoms with Crippen LogP contribution in [0.15, 0.2) is 27.6 Å². The second-order valence-corrected chi connectivity index (χ2v) is 9.39. The molecule has 214 valence electrons. The number of hydrogen-bond acceptors (Lipinski definition) is 8. The molecule has 0 aliphatic rings. The van der Waals surface area contributed by atoms with Crippen molar-refractivity contribution in [2.24, 2.45) is 22.4 Å². The number of aliphatic imine (C=N–C) groups is 1. The fraction of sp³-hybridized carbons (Fsp3) is 0.500. The lowest BCUT2D eigenvalue weighted by Gasteiger charge is -2.18. The molecule has 0 fully saturated rings. The summed E-state index contributed by atoms with van der Waals surface area (Å²) in [5.74, 6) is -0.670. The van der Waals surface area contributed by atoms with Crippen LogP contribution < -0.4 is 31.6 Å². The van der Waals surface area contributed by atoms with Gasteiger partial charge in [0.2, 0.25) is 11.8 Å². The predicted octanol–water partition coefficient (Wildman–Crippen LogP) is 1.68. The van der Waals surface area contributed by atoms with E-state index in [9.17, 15) is 19.5 Å². The third-order valence-electron chi connectivity index (χ3n) is 5.73. The highest BCUT2D eigenvalue weighted by Gasteiger charge is 2.28. The standard InChI is InChI=1S/C26H38N6O7/c1-14(2)11-18(30-21(33)13-16-8-9-19(37-4)20(12-16)38-5)24-32-22(15(3)39-24)23(34)31-17(25(35)36)7-6-10-29-26(27)28/h8-9,12,14,17-18H,6-7,10-11,13H2,1-5H3,(H,30,33)(H,31,34)(H,35,36)(H4,27,28,29)/t17-,18-/m0/s1. The van der Waals surface area contributed by atoms with Crippen molar-refractivity contribution in [2.45, 2.75) is 58.5 Å². The van der Waals surface area contributed by atoms with E-state index in [4.69, 9.17) is 25.4 Å². The molecule has 0 radical (unpaired) electrons. The highest BCUT2D eigenvalue weighted by Crippen LogP contribution is 2.28. The molecule has 0 spiro atoms. The summed E-state index contributed by atoms with van der Waals surface area (Å²) in [5.41, 5.74) is 11.2. The number of benzene rings is 1. The van der Waals surface area contributed by atoms with Crippen LogP contribution in [0.5, 0.6) is 11.5 Å². The maximum Gasteiger partial charge on any atom is 0.326 e. The smallest absolute Gasteiger partial charge is 0.326 e. The van der Waals surface area contributed by atoms with Crippen molar-refractivity contribution in [3.8, 4) is 11.5 Å². The number of aliphatic carboxylic acids is 1. The molecule has 39 heavy (non-hydrogen) atoms. The molecule has 7 N–H and O–H groups in total. The van der Waals surface area contributed by atoms with E-state index in [1.54, 1.807) is 25.1 Å². The van der Waals surface area contributed by atoms with Crippen molar-refractivity contribution < 1.29 is 33.4 Å². The van der Waals surface area contributed by atoms with Crippen LogP contribution in [0.1, 0.15) is 66.9 Å². The van der Waals surface area contributed by atoms with Gasteiger partial charge in [0.1, 0.15) is 17.8 Å². The fourth-order valence-electron chi connectivity index (χ4n) is 3.88. The van der Waals surface area contributed by atoms with Crippen LogP contribution in [-0.2, 0) is 16.0 Å². The molecule has 0 bridgehead atoms. The Morgan fingerprint density at radius 3 is 2.41 bits per heavy atom.